The van der Waals surface area contributed by atoms with E-state index in [1.807, 2.05) is 50.1 Å². The first-order valence-electron chi connectivity index (χ1n) is 15.8. The highest BCUT2D eigenvalue weighted by molar-refractivity contribution is 7.19. The second kappa shape index (κ2) is 11.6. The quantitative estimate of drug-likeness (QED) is 0.350. The second-order valence-electron chi connectivity index (χ2n) is 13.6. The van der Waals surface area contributed by atoms with Gasteiger partial charge in [0.2, 0.25) is 0 Å². The number of carbonyl (C=O) groups is 1. The molecule has 1 aliphatic carbocycles. The zero-order chi connectivity index (χ0) is 30.6. The average molecular weight is 617 g/mol. The first-order chi connectivity index (χ1) is 21.2. The van der Waals surface area contributed by atoms with E-state index in [1.54, 1.807) is 11.3 Å². The smallest absolute Gasteiger partial charge is 0.410 e. The molecule has 44 heavy (non-hydrogen) atoms. The van der Waals surface area contributed by atoms with Crippen LogP contribution in [0, 0.1) is 17.2 Å². The molecule has 232 valence electrons. The monoisotopic (exact) mass is 616 g/mol. The van der Waals surface area contributed by atoms with Gasteiger partial charge in [-0.25, -0.2) is 4.79 Å². The number of likely N-dealkylation sites (tertiary alicyclic amines) is 1. The third kappa shape index (κ3) is 5.67. The van der Waals surface area contributed by atoms with Crippen LogP contribution in [0.3, 0.4) is 0 Å². The van der Waals surface area contributed by atoms with Gasteiger partial charge in [0, 0.05) is 53.6 Å². The molecule has 3 aliphatic heterocycles. The summed E-state index contributed by atoms with van der Waals surface area (Å²) in [5, 5.41) is 19.9. The summed E-state index contributed by atoms with van der Waals surface area (Å²) in [6.07, 6.45) is 6.13. The van der Waals surface area contributed by atoms with Gasteiger partial charge in [0.25, 0.3) is 0 Å². The number of aromatic nitrogens is 1. The number of benzene rings is 1. The van der Waals surface area contributed by atoms with Crippen molar-refractivity contribution in [2.45, 2.75) is 89.4 Å². The van der Waals surface area contributed by atoms with Crippen molar-refractivity contribution in [2.75, 3.05) is 31.2 Å². The molecule has 0 unspecified atom stereocenters. The maximum Gasteiger partial charge on any atom is 0.410 e. The number of rotatable bonds is 6. The van der Waals surface area contributed by atoms with E-state index in [-0.39, 0.29) is 31.1 Å². The van der Waals surface area contributed by atoms with Crippen LogP contribution in [0.4, 0.5) is 10.5 Å². The number of amides is 1. The van der Waals surface area contributed by atoms with Crippen LogP contribution in [0.1, 0.15) is 74.8 Å². The van der Waals surface area contributed by atoms with Gasteiger partial charge >= 0.3 is 6.09 Å². The Balaban J connectivity index is 1.26. The standard InChI is InChI=1S/C34H40N4O5S/c1-34(2,3)43-33(40)38-17-22(13-23(38)19-42-30-6-4-5-9-41-30)37-16-21-12-26(21)28-11-20(15-35)10-27(31(28)37)25-7-8-36-29-14-24(18-39)44-32(25)29/h7-8,10-11,14,21-23,26,30,39H,4-6,9,12-13,16-19H2,1-3H3/t21-,22+,23+,26+,30+/m1/s1. The molecule has 3 aromatic rings. The summed E-state index contributed by atoms with van der Waals surface area (Å²) in [4.78, 5) is 23.4. The molecule has 4 aliphatic rings. The van der Waals surface area contributed by atoms with E-state index in [0.29, 0.717) is 37.2 Å². The number of anilines is 1. The van der Waals surface area contributed by atoms with Gasteiger partial charge in [-0.05, 0) is 94.5 Å². The number of nitrogens with zero attached hydrogens (tertiary/aromatic N) is 4. The highest BCUT2D eigenvalue weighted by Gasteiger charge is 2.50. The molecule has 1 aromatic carbocycles. The first-order valence-corrected chi connectivity index (χ1v) is 16.6. The predicted octanol–water partition coefficient (Wildman–Crippen LogP) is 6.17. The maximum atomic E-state index is 13.6. The molecule has 1 N–H and O–H groups in total. The average Bonchev–Trinajstić information content (AvgIpc) is 3.47. The fourth-order valence-corrected chi connectivity index (χ4v) is 8.20. The maximum absolute atomic E-state index is 13.6. The summed E-state index contributed by atoms with van der Waals surface area (Å²) in [5.74, 6) is 0.971. The van der Waals surface area contributed by atoms with E-state index < -0.39 is 5.60 Å². The Kier molecular flexibility index (Phi) is 7.78. The summed E-state index contributed by atoms with van der Waals surface area (Å²) < 4.78 is 19.0. The number of pyridine rings is 1. The fraction of sp³-hybridized carbons (Fsp3) is 0.559. The normalized spacial score (nSPS) is 26.3. The van der Waals surface area contributed by atoms with Gasteiger partial charge in [0.05, 0.1) is 41.1 Å². The molecule has 1 amide bonds. The number of ether oxygens (including phenoxy) is 3. The molecular formula is C34H40N4O5S. The van der Waals surface area contributed by atoms with E-state index in [2.05, 4.69) is 22.0 Å². The van der Waals surface area contributed by atoms with Crippen molar-refractivity contribution in [2.24, 2.45) is 5.92 Å². The minimum Gasteiger partial charge on any atom is -0.444 e. The highest BCUT2D eigenvalue weighted by atomic mass is 32.1. The van der Waals surface area contributed by atoms with Gasteiger partial charge in [0.15, 0.2) is 6.29 Å². The Labute approximate surface area is 262 Å². The predicted molar refractivity (Wildman–Crippen MR) is 169 cm³/mol. The molecule has 2 aromatic heterocycles. The van der Waals surface area contributed by atoms with Gasteiger partial charge in [-0.15, -0.1) is 11.3 Å². The van der Waals surface area contributed by atoms with Crippen LogP contribution in [0.5, 0.6) is 0 Å². The van der Waals surface area contributed by atoms with Crippen molar-refractivity contribution < 1.29 is 24.1 Å². The number of thiophene rings is 1. The lowest BCUT2D eigenvalue weighted by molar-refractivity contribution is -0.168. The van der Waals surface area contributed by atoms with Crippen LogP contribution in [0.15, 0.2) is 30.5 Å². The lowest BCUT2D eigenvalue weighted by Gasteiger charge is -2.38. The third-order valence-corrected chi connectivity index (χ3v) is 10.4. The van der Waals surface area contributed by atoms with Crippen molar-refractivity contribution >= 4 is 33.3 Å². The largest absolute Gasteiger partial charge is 0.444 e. The lowest BCUT2D eigenvalue weighted by Crippen LogP contribution is -2.44. The zero-order valence-corrected chi connectivity index (χ0v) is 26.4. The van der Waals surface area contributed by atoms with E-state index in [1.165, 1.54) is 5.56 Å². The topological polar surface area (TPSA) is 108 Å². The Hall–Kier alpha value is -3.23. The molecule has 5 heterocycles. The molecule has 0 spiro atoms. The summed E-state index contributed by atoms with van der Waals surface area (Å²) in [6, 6.07) is 10.4. The number of nitriles is 1. The van der Waals surface area contributed by atoms with E-state index in [4.69, 9.17) is 14.2 Å². The molecule has 5 atom stereocenters. The Bertz CT molecular complexity index is 1600. The number of hydrogen-bond donors (Lipinski definition) is 1. The molecule has 2 saturated heterocycles. The van der Waals surface area contributed by atoms with Gasteiger partial charge in [0.1, 0.15) is 5.60 Å². The van der Waals surface area contributed by atoms with Crippen molar-refractivity contribution in [1.82, 2.24) is 9.88 Å². The van der Waals surface area contributed by atoms with Crippen molar-refractivity contribution in [3.8, 4) is 17.2 Å². The van der Waals surface area contributed by atoms with Crippen LogP contribution in [-0.4, -0.2) is 71.4 Å². The summed E-state index contributed by atoms with van der Waals surface area (Å²) in [7, 11) is 0. The van der Waals surface area contributed by atoms with Gasteiger partial charge < -0.3 is 29.1 Å². The Morgan fingerprint density at radius 1 is 1.20 bits per heavy atom. The molecule has 1 saturated carbocycles. The van der Waals surface area contributed by atoms with Crippen LogP contribution >= 0.6 is 11.3 Å². The molecule has 7 rings (SSSR count). The molecule has 9 nitrogen and oxygen atoms in total. The third-order valence-electron chi connectivity index (χ3n) is 9.29. The van der Waals surface area contributed by atoms with Crippen molar-refractivity contribution in [3.05, 3.63) is 46.5 Å². The second-order valence-corrected chi connectivity index (χ2v) is 14.7. The molecule has 0 bridgehead atoms. The SMILES string of the molecule is CC(C)(C)OC(=O)N1C[C@@H](N2C[C@H]3C[C@@H]3c3cc(C#N)cc(-c4ccnc5cc(CO)sc45)c32)C[C@H]1CO[C@H]1CCCCO1. The van der Waals surface area contributed by atoms with E-state index in [9.17, 15) is 15.2 Å². The van der Waals surface area contributed by atoms with Crippen molar-refractivity contribution in [1.29, 1.82) is 5.26 Å². The van der Waals surface area contributed by atoms with Crippen LogP contribution in [0.2, 0.25) is 0 Å². The number of carbonyl (C=O) groups excluding carboxylic acids is 1. The van der Waals surface area contributed by atoms with Crippen LogP contribution in [0.25, 0.3) is 21.3 Å². The minimum absolute atomic E-state index is 0.0371. The van der Waals surface area contributed by atoms with Gasteiger partial charge in [-0.3, -0.25) is 4.98 Å². The zero-order valence-electron chi connectivity index (χ0n) is 25.6. The molecular weight excluding hydrogens is 576 g/mol. The highest BCUT2D eigenvalue weighted by Crippen LogP contribution is 2.58. The summed E-state index contributed by atoms with van der Waals surface area (Å²) >= 11 is 1.55. The van der Waals surface area contributed by atoms with Crippen molar-refractivity contribution in [3.63, 3.8) is 0 Å². The van der Waals surface area contributed by atoms with Gasteiger partial charge in [-0.2, -0.15) is 5.26 Å². The summed E-state index contributed by atoms with van der Waals surface area (Å²) in [6.45, 7) is 8.20. The Morgan fingerprint density at radius 2 is 2.07 bits per heavy atom. The number of aliphatic hydroxyl groups is 1. The fourth-order valence-electron chi connectivity index (χ4n) is 7.19. The lowest BCUT2D eigenvalue weighted by atomic mass is 9.90. The number of hydrogen-bond acceptors (Lipinski definition) is 9. The first kappa shape index (κ1) is 29.5. The Morgan fingerprint density at radius 3 is 2.82 bits per heavy atom. The van der Waals surface area contributed by atoms with E-state index >= 15 is 0 Å². The molecule has 10 heteroatoms. The van der Waals surface area contributed by atoms with Crippen LogP contribution in [-0.2, 0) is 20.8 Å². The summed E-state index contributed by atoms with van der Waals surface area (Å²) in [5.41, 5.74) is 5.30. The number of fused-ring (bicyclic) bond motifs is 4. The van der Waals surface area contributed by atoms with Gasteiger partial charge in [-0.1, -0.05) is 0 Å². The van der Waals surface area contributed by atoms with Crippen LogP contribution < -0.4 is 4.90 Å². The number of aliphatic hydroxyl groups excluding tert-OH is 1. The molecule has 0 radical (unpaired) electrons. The molecule has 3 fully saturated rings. The van der Waals surface area contributed by atoms with E-state index in [0.717, 1.165) is 70.6 Å². The minimum atomic E-state index is -0.603.